The predicted molar refractivity (Wildman–Crippen MR) is 78.7 cm³/mol. The van der Waals surface area contributed by atoms with Crippen LogP contribution in [0.3, 0.4) is 0 Å². The lowest BCUT2D eigenvalue weighted by molar-refractivity contribution is 0.0461. The maximum Gasteiger partial charge on any atom is 0.0836 e. The molecular weight excluding hydrogens is 232 g/mol. The van der Waals surface area contributed by atoms with Crippen LogP contribution < -0.4 is 0 Å². The molecule has 0 aliphatic heterocycles. The first-order chi connectivity index (χ1) is 9.22. The van der Waals surface area contributed by atoms with E-state index in [1.165, 1.54) is 0 Å². The van der Waals surface area contributed by atoms with Crippen molar-refractivity contribution in [2.75, 3.05) is 0 Å². The van der Waals surface area contributed by atoms with Crippen LogP contribution in [0.5, 0.6) is 0 Å². The number of hydrogen-bond donors (Lipinski definition) is 1. The molecule has 0 radical (unpaired) electrons. The third-order valence-corrected chi connectivity index (χ3v) is 3.18. The van der Waals surface area contributed by atoms with E-state index in [1.54, 1.807) is 0 Å². The molecule has 1 nitrogen and oxygen atoms in total. The van der Waals surface area contributed by atoms with Gasteiger partial charge >= 0.3 is 0 Å². The molecule has 0 atom stereocenters. The topological polar surface area (TPSA) is 20.2 Å². The molecule has 1 N–H and O–H groups in total. The summed E-state index contributed by atoms with van der Waals surface area (Å²) in [5.41, 5.74) is 1.34. The SMILES string of the molecule is C#CCC(O)(Cc1ccccc1)Cc1ccccc1. The van der Waals surface area contributed by atoms with E-state index in [0.29, 0.717) is 19.3 Å². The van der Waals surface area contributed by atoms with Gasteiger partial charge in [0.1, 0.15) is 0 Å². The normalized spacial score (nSPS) is 10.9. The maximum absolute atomic E-state index is 10.8. The molecule has 0 aromatic heterocycles. The van der Waals surface area contributed by atoms with Crippen LogP contribution in [0.4, 0.5) is 0 Å². The molecule has 2 aromatic carbocycles. The lowest BCUT2D eigenvalue weighted by Crippen LogP contribution is -2.33. The highest BCUT2D eigenvalue weighted by Crippen LogP contribution is 2.22. The summed E-state index contributed by atoms with van der Waals surface area (Å²) in [6.45, 7) is 0. The first kappa shape index (κ1) is 13.4. The Balaban J connectivity index is 2.16. The van der Waals surface area contributed by atoms with Crippen molar-refractivity contribution in [1.29, 1.82) is 0 Å². The molecule has 1 heteroatoms. The van der Waals surface area contributed by atoms with Crippen molar-refractivity contribution in [2.24, 2.45) is 0 Å². The smallest absolute Gasteiger partial charge is 0.0836 e. The van der Waals surface area contributed by atoms with Gasteiger partial charge in [-0.2, -0.15) is 0 Å². The van der Waals surface area contributed by atoms with Crippen LogP contribution >= 0.6 is 0 Å². The molecule has 0 aliphatic carbocycles. The van der Waals surface area contributed by atoms with Gasteiger partial charge in [0.25, 0.3) is 0 Å². The molecule has 96 valence electrons. The molecule has 19 heavy (non-hydrogen) atoms. The summed E-state index contributed by atoms with van der Waals surface area (Å²) in [5, 5.41) is 10.8. The minimum absolute atomic E-state index is 0.358. The summed E-state index contributed by atoms with van der Waals surface area (Å²) in [6.07, 6.45) is 6.92. The van der Waals surface area contributed by atoms with Gasteiger partial charge in [-0.25, -0.2) is 0 Å². The van der Waals surface area contributed by atoms with Crippen molar-refractivity contribution < 1.29 is 5.11 Å². The molecule has 0 unspecified atom stereocenters. The Bertz CT molecular complexity index is 495. The fourth-order valence-corrected chi connectivity index (χ4v) is 2.33. The van der Waals surface area contributed by atoms with Gasteiger partial charge in [0.05, 0.1) is 5.60 Å². The van der Waals surface area contributed by atoms with Crippen molar-refractivity contribution in [2.45, 2.75) is 24.9 Å². The van der Waals surface area contributed by atoms with Crippen LogP contribution in [0.25, 0.3) is 0 Å². The van der Waals surface area contributed by atoms with Gasteiger partial charge in [0, 0.05) is 19.3 Å². The molecule has 0 spiro atoms. The van der Waals surface area contributed by atoms with E-state index in [0.717, 1.165) is 11.1 Å². The fourth-order valence-electron chi connectivity index (χ4n) is 2.33. The number of aliphatic hydroxyl groups is 1. The van der Waals surface area contributed by atoms with Crippen LogP contribution in [0, 0.1) is 12.3 Å². The number of hydrogen-bond acceptors (Lipinski definition) is 1. The predicted octanol–water partition coefficient (Wildman–Crippen LogP) is 3.23. The van der Waals surface area contributed by atoms with E-state index in [1.807, 2.05) is 60.7 Å². The molecular formula is C18H18O. The largest absolute Gasteiger partial charge is 0.388 e. The number of benzene rings is 2. The van der Waals surface area contributed by atoms with E-state index < -0.39 is 5.60 Å². The summed E-state index contributed by atoms with van der Waals surface area (Å²) in [6, 6.07) is 19.9. The van der Waals surface area contributed by atoms with Gasteiger partial charge in [0.2, 0.25) is 0 Å². The summed E-state index contributed by atoms with van der Waals surface area (Å²) < 4.78 is 0. The Hall–Kier alpha value is -2.04. The summed E-state index contributed by atoms with van der Waals surface area (Å²) in [7, 11) is 0. The molecule has 0 fully saturated rings. The van der Waals surface area contributed by atoms with Gasteiger partial charge in [-0.3, -0.25) is 0 Å². The van der Waals surface area contributed by atoms with Crippen molar-refractivity contribution in [3.8, 4) is 12.3 Å². The summed E-state index contributed by atoms with van der Waals surface area (Å²) in [5.74, 6) is 2.60. The second kappa shape index (κ2) is 6.22. The van der Waals surface area contributed by atoms with Crippen molar-refractivity contribution in [1.82, 2.24) is 0 Å². The average Bonchev–Trinajstić information content (AvgIpc) is 2.41. The third kappa shape index (κ3) is 3.98. The van der Waals surface area contributed by atoms with E-state index >= 15 is 0 Å². The average molecular weight is 250 g/mol. The number of terminal acetylenes is 1. The summed E-state index contributed by atoms with van der Waals surface area (Å²) >= 11 is 0. The Morgan fingerprint density at radius 3 is 1.63 bits per heavy atom. The standard InChI is InChI=1S/C18H18O/c1-2-13-18(19,14-16-9-5-3-6-10-16)15-17-11-7-4-8-12-17/h1,3-12,19H,13-15H2. The van der Waals surface area contributed by atoms with Crippen LogP contribution in [0.2, 0.25) is 0 Å². The Morgan fingerprint density at radius 1 is 0.842 bits per heavy atom. The Kier molecular flexibility index (Phi) is 4.39. The van der Waals surface area contributed by atoms with Crippen LogP contribution in [0.15, 0.2) is 60.7 Å². The lowest BCUT2D eigenvalue weighted by Gasteiger charge is -2.26. The molecule has 0 saturated heterocycles. The van der Waals surface area contributed by atoms with Crippen molar-refractivity contribution >= 4 is 0 Å². The maximum atomic E-state index is 10.8. The van der Waals surface area contributed by atoms with Crippen LogP contribution in [0.1, 0.15) is 17.5 Å². The monoisotopic (exact) mass is 250 g/mol. The lowest BCUT2D eigenvalue weighted by atomic mass is 9.85. The zero-order valence-corrected chi connectivity index (χ0v) is 10.9. The van der Waals surface area contributed by atoms with Gasteiger partial charge in [-0.1, -0.05) is 60.7 Å². The molecule has 0 amide bonds. The minimum atomic E-state index is -0.878. The molecule has 2 aromatic rings. The highest BCUT2D eigenvalue weighted by atomic mass is 16.3. The second-order valence-electron chi connectivity index (χ2n) is 4.93. The van der Waals surface area contributed by atoms with E-state index in [9.17, 15) is 5.11 Å². The summed E-state index contributed by atoms with van der Waals surface area (Å²) in [4.78, 5) is 0. The van der Waals surface area contributed by atoms with Crippen molar-refractivity contribution in [3.05, 3.63) is 71.8 Å². The van der Waals surface area contributed by atoms with Crippen LogP contribution in [-0.2, 0) is 12.8 Å². The Labute approximate surface area is 114 Å². The number of rotatable bonds is 5. The van der Waals surface area contributed by atoms with Gasteiger partial charge in [0.15, 0.2) is 0 Å². The fraction of sp³-hybridized carbons (Fsp3) is 0.222. The highest BCUT2D eigenvalue weighted by molar-refractivity contribution is 5.22. The first-order valence-electron chi connectivity index (χ1n) is 6.45. The molecule has 2 rings (SSSR count). The van der Waals surface area contributed by atoms with Gasteiger partial charge < -0.3 is 5.11 Å². The third-order valence-electron chi connectivity index (χ3n) is 3.18. The van der Waals surface area contributed by atoms with E-state index in [2.05, 4.69) is 5.92 Å². The van der Waals surface area contributed by atoms with Crippen LogP contribution in [-0.4, -0.2) is 10.7 Å². The quantitative estimate of drug-likeness (QED) is 0.808. The molecule has 0 saturated carbocycles. The second-order valence-corrected chi connectivity index (χ2v) is 4.93. The first-order valence-corrected chi connectivity index (χ1v) is 6.45. The van der Waals surface area contributed by atoms with Crippen molar-refractivity contribution in [3.63, 3.8) is 0 Å². The van der Waals surface area contributed by atoms with Gasteiger partial charge in [-0.15, -0.1) is 12.3 Å². The van der Waals surface area contributed by atoms with E-state index in [4.69, 9.17) is 6.42 Å². The minimum Gasteiger partial charge on any atom is -0.388 e. The zero-order chi connectivity index (χ0) is 13.6. The molecule has 0 aliphatic rings. The molecule has 0 bridgehead atoms. The molecule has 0 heterocycles. The van der Waals surface area contributed by atoms with Gasteiger partial charge in [-0.05, 0) is 11.1 Å². The highest BCUT2D eigenvalue weighted by Gasteiger charge is 2.26. The zero-order valence-electron chi connectivity index (χ0n) is 10.9. The van der Waals surface area contributed by atoms with E-state index in [-0.39, 0.29) is 0 Å². The Morgan fingerprint density at radius 2 is 1.26 bits per heavy atom.